The van der Waals surface area contributed by atoms with Crippen molar-refractivity contribution in [2.75, 3.05) is 13.2 Å². The molecule has 21 heavy (non-hydrogen) atoms. The molecule has 0 aromatic carbocycles. The number of rotatable bonds is 8. The Hall–Kier alpha value is -1.50. The highest BCUT2D eigenvalue weighted by Gasteiger charge is 2.21. The van der Waals surface area contributed by atoms with Crippen molar-refractivity contribution in [3.05, 3.63) is 11.9 Å². The molecule has 0 amide bonds. The van der Waals surface area contributed by atoms with Gasteiger partial charge in [0.05, 0.1) is 19.3 Å². The molecule has 120 valence electrons. The normalized spacial score (nSPS) is 13.2. The van der Waals surface area contributed by atoms with Gasteiger partial charge in [-0.05, 0) is 27.2 Å². The van der Waals surface area contributed by atoms with E-state index in [4.69, 9.17) is 9.47 Å². The lowest BCUT2D eigenvalue weighted by atomic mass is 10.2. The highest BCUT2D eigenvalue weighted by atomic mass is 19.1. The third kappa shape index (κ3) is 7.17. The van der Waals surface area contributed by atoms with Crippen LogP contribution in [0.15, 0.2) is 6.20 Å². The molecule has 0 spiro atoms. The van der Waals surface area contributed by atoms with Crippen LogP contribution in [0.2, 0.25) is 0 Å². The number of hydrogen-bond donors (Lipinski definition) is 0. The maximum atomic E-state index is 13.7. The molecule has 6 nitrogen and oxygen atoms in total. The second-order valence-electron chi connectivity index (χ2n) is 5.85. The minimum absolute atomic E-state index is 0.00191. The first-order valence-electron chi connectivity index (χ1n) is 7.17. The van der Waals surface area contributed by atoms with Crippen LogP contribution in [0.3, 0.4) is 0 Å². The quantitative estimate of drug-likeness (QED) is 0.545. The lowest BCUT2D eigenvalue weighted by Gasteiger charge is -2.18. The molecule has 1 heterocycles. The SMILES string of the molecule is CCCCOC[C@@H](F)Cn1cc(C(=O)OC(C)(C)C)nn1. The molecule has 0 aliphatic heterocycles. The fraction of sp³-hybridized carbons (Fsp3) is 0.786. The molecule has 7 heteroatoms. The second-order valence-corrected chi connectivity index (χ2v) is 5.85. The van der Waals surface area contributed by atoms with Crippen molar-refractivity contribution in [2.24, 2.45) is 0 Å². The molecule has 0 radical (unpaired) electrons. The topological polar surface area (TPSA) is 66.2 Å². The number of unbranched alkanes of at least 4 members (excludes halogenated alkanes) is 1. The van der Waals surface area contributed by atoms with E-state index in [1.807, 2.05) is 6.92 Å². The van der Waals surface area contributed by atoms with E-state index in [2.05, 4.69) is 10.3 Å². The summed E-state index contributed by atoms with van der Waals surface area (Å²) in [4.78, 5) is 11.7. The zero-order valence-corrected chi connectivity index (χ0v) is 13.1. The monoisotopic (exact) mass is 301 g/mol. The third-order valence-corrected chi connectivity index (χ3v) is 2.47. The molecule has 0 aliphatic carbocycles. The van der Waals surface area contributed by atoms with Crippen LogP contribution < -0.4 is 0 Å². The van der Waals surface area contributed by atoms with Crippen LogP contribution in [-0.2, 0) is 16.0 Å². The van der Waals surface area contributed by atoms with E-state index in [0.29, 0.717) is 6.61 Å². The first-order chi connectivity index (χ1) is 9.81. The Labute approximate surface area is 124 Å². The Morgan fingerprint density at radius 3 is 2.81 bits per heavy atom. The maximum Gasteiger partial charge on any atom is 0.361 e. The molecule has 0 N–H and O–H groups in total. The van der Waals surface area contributed by atoms with Gasteiger partial charge in [0.1, 0.15) is 11.8 Å². The molecule has 1 aromatic heterocycles. The van der Waals surface area contributed by atoms with Gasteiger partial charge in [0.25, 0.3) is 0 Å². The number of ether oxygens (including phenoxy) is 2. The number of nitrogens with zero attached hydrogens (tertiary/aromatic N) is 3. The molecule has 0 saturated carbocycles. The molecule has 0 unspecified atom stereocenters. The molecular formula is C14H24FN3O3. The second kappa shape index (κ2) is 8.07. The predicted octanol–water partition coefficient (Wildman–Crippen LogP) is 2.39. The number of carbonyl (C=O) groups is 1. The minimum Gasteiger partial charge on any atom is -0.455 e. The number of carbonyl (C=O) groups excluding carboxylic acids is 1. The van der Waals surface area contributed by atoms with Gasteiger partial charge in [0, 0.05) is 6.61 Å². The van der Waals surface area contributed by atoms with Crippen molar-refractivity contribution >= 4 is 5.97 Å². The summed E-state index contributed by atoms with van der Waals surface area (Å²) in [6.45, 7) is 7.91. The molecule has 0 aliphatic rings. The van der Waals surface area contributed by atoms with Crippen LogP contribution in [0.5, 0.6) is 0 Å². The van der Waals surface area contributed by atoms with Gasteiger partial charge in [-0.15, -0.1) is 5.10 Å². The zero-order chi connectivity index (χ0) is 15.9. The van der Waals surface area contributed by atoms with Crippen molar-refractivity contribution < 1.29 is 18.7 Å². The molecule has 0 fully saturated rings. The van der Waals surface area contributed by atoms with Crippen LogP contribution in [0.4, 0.5) is 4.39 Å². The average Bonchev–Trinajstić information content (AvgIpc) is 2.81. The molecule has 1 aromatic rings. The summed E-state index contributed by atoms with van der Waals surface area (Å²) in [5.74, 6) is -0.566. The lowest BCUT2D eigenvalue weighted by molar-refractivity contribution is 0.00626. The first-order valence-corrected chi connectivity index (χ1v) is 7.17. The Kier molecular flexibility index (Phi) is 6.74. The summed E-state index contributed by atoms with van der Waals surface area (Å²) in [6, 6.07) is 0. The van der Waals surface area contributed by atoms with Crippen molar-refractivity contribution in [2.45, 2.75) is 58.9 Å². The third-order valence-electron chi connectivity index (χ3n) is 2.47. The lowest BCUT2D eigenvalue weighted by Crippen LogP contribution is -2.24. The Balaban J connectivity index is 2.42. The van der Waals surface area contributed by atoms with Gasteiger partial charge in [-0.1, -0.05) is 18.6 Å². The van der Waals surface area contributed by atoms with Gasteiger partial charge in [-0.3, -0.25) is 0 Å². The Bertz CT molecular complexity index is 443. The maximum absolute atomic E-state index is 13.7. The number of aromatic nitrogens is 3. The predicted molar refractivity (Wildman–Crippen MR) is 75.8 cm³/mol. The van der Waals surface area contributed by atoms with E-state index in [9.17, 15) is 9.18 Å². The molecule has 0 saturated heterocycles. The highest BCUT2D eigenvalue weighted by molar-refractivity contribution is 5.86. The molecular weight excluding hydrogens is 277 g/mol. The van der Waals surface area contributed by atoms with Crippen molar-refractivity contribution in [3.8, 4) is 0 Å². The van der Waals surface area contributed by atoms with Crippen LogP contribution in [0, 0.1) is 0 Å². The summed E-state index contributed by atoms with van der Waals surface area (Å²) < 4.78 is 25.3. The van der Waals surface area contributed by atoms with Crippen molar-refractivity contribution in [1.82, 2.24) is 15.0 Å². The molecule has 0 bridgehead atoms. The number of alkyl halides is 1. The summed E-state index contributed by atoms with van der Waals surface area (Å²) in [7, 11) is 0. The minimum atomic E-state index is -1.19. The largest absolute Gasteiger partial charge is 0.455 e. The van der Waals surface area contributed by atoms with Gasteiger partial charge >= 0.3 is 5.97 Å². The van der Waals surface area contributed by atoms with Crippen LogP contribution >= 0.6 is 0 Å². The Morgan fingerprint density at radius 2 is 2.19 bits per heavy atom. The van der Waals surface area contributed by atoms with Gasteiger partial charge in [0.15, 0.2) is 5.69 Å². The number of hydrogen-bond acceptors (Lipinski definition) is 5. The summed E-state index contributed by atoms with van der Waals surface area (Å²) in [6.07, 6.45) is 2.13. The van der Waals surface area contributed by atoms with Gasteiger partial charge in [-0.25, -0.2) is 13.9 Å². The first kappa shape index (κ1) is 17.6. The van der Waals surface area contributed by atoms with E-state index in [0.717, 1.165) is 12.8 Å². The number of esters is 1. The van der Waals surface area contributed by atoms with E-state index in [-0.39, 0.29) is 18.8 Å². The fourth-order valence-electron chi connectivity index (χ4n) is 1.52. The van der Waals surface area contributed by atoms with Crippen LogP contribution in [0.25, 0.3) is 0 Å². The van der Waals surface area contributed by atoms with E-state index in [1.54, 1.807) is 20.8 Å². The van der Waals surface area contributed by atoms with Gasteiger partial charge in [-0.2, -0.15) is 0 Å². The van der Waals surface area contributed by atoms with E-state index in [1.165, 1.54) is 10.9 Å². The van der Waals surface area contributed by atoms with E-state index >= 15 is 0 Å². The molecule has 1 atom stereocenters. The van der Waals surface area contributed by atoms with Crippen LogP contribution in [0.1, 0.15) is 51.0 Å². The summed E-state index contributed by atoms with van der Waals surface area (Å²) >= 11 is 0. The van der Waals surface area contributed by atoms with Crippen molar-refractivity contribution in [1.29, 1.82) is 0 Å². The summed E-state index contributed by atoms with van der Waals surface area (Å²) in [5.41, 5.74) is -0.527. The summed E-state index contributed by atoms with van der Waals surface area (Å²) in [5, 5.41) is 7.42. The van der Waals surface area contributed by atoms with Gasteiger partial charge < -0.3 is 9.47 Å². The number of halogens is 1. The van der Waals surface area contributed by atoms with E-state index < -0.39 is 17.7 Å². The fourth-order valence-corrected chi connectivity index (χ4v) is 1.52. The molecule has 1 rings (SSSR count). The zero-order valence-electron chi connectivity index (χ0n) is 13.1. The average molecular weight is 301 g/mol. The van der Waals surface area contributed by atoms with Crippen molar-refractivity contribution in [3.63, 3.8) is 0 Å². The van der Waals surface area contributed by atoms with Gasteiger partial charge in [0.2, 0.25) is 0 Å². The van der Waals surface area contributed by atoms with Crippen LogP contribution in [-0.4, -0.2) is 45.9 Å². The standard InChI is InChI=1S/C14H24FN3O3/c1-5-6-7-20-10-11(15)8-18-9-12(16-17-18)13(19)21-14(2,3)4/h9,11H,5-8,10H2,1-4H3/t11-/m0/s1. The highest BCUT2D eigenvalue weighted by Crippen LogP contribution is 2.10. The smallest absolute Gasteiger partial charge is 0.361 e. The Morgan fingerprint density at radius 1 is 1.48 bits per heavy atom.